The molecular formula is C18H18N4O3. The second-order valence-electron chi connectivity index (χ2n) is 5.10. The van der Waals surface area contributed by atoms with Crippen molar-refractivity contribution in [2.45, 2.75) is 6.92 Å². The highest BCUT2D eigenvalue weighted by atomic mass is 16.5. The number of nitriles is 1. The van der Waals surface area contributed by atoms with E-state index in [-0.39, 0.29) is 19.1 Å². The van der Waals surface area contributed by atoms with Gasteiger partial charge in [-0.3, -0.25) is 4.79 Å². The predicted molar refractivity (Wildman–Crippen MR) is 94.4 cm³/mol. The Morgan fingerprint density at radius 1 is 1.12 bits per heavy atom. The number of carbonyl (C=O) groups is 2. The Balaban J connectivity index is 1.76. The molecule has 0 fully saturated rings. The number of carbonyl (C=O) groups excluding carboxylic acids is 2. The summed E-state index contributed by atoms with van der Waals surface area (Å²) in [4.78, 5) is 22.9. The highest BCUT2D eigenvalue weighted by Gasteiger charge is 2.05. The van der Waals surface area contributed by atoms with Gasteiger partial charge >= 0.3 is 6.03 Å². The Bertz CT molecular complexity index is 799. The molecule has 0 aliphatic rings. The van der Waals surface area contributed by atoms with Crippen molar-refractivity contribution in [3.8, 4) is 11.8 Å². The van der Waals surface area contributed by atoms with E-state index in [9.17, 15) is 9.59 Å². The van der Waals surface area contributed by atoms with Gasteiger partial charge < -0.3 is 20.7 Å². The van der Waals surface area contributed by atoms with Gasteiger partial charge in [-0.2, -0.15) is 5.26 Å². The maximum atomic E-state index is 11.8. The molecular weight excluding hydrogens is 320 g/mol. The molecule has 0 aromatic heterocycles. The molecule has 0 bridgehead atoms. The largest absolute Gasteiger partial charge is 0.492 e. The number of nitrogens with zero attached hydrogens (tertiary/aromatic N) is 1. The number of nitrogens with one attached hydrogen (secondary N) is 3. The zero-order valence-electron chi connectivity index (χ0n) is 13.7. The van der Waals surface area contributed by atoms with Gasteiger partial charge in [-0.25, -0.2) is 4.79 Å². The van der Waals surface area contributed by atoms with E-state index >= 15 is 0 Å². The average Bonchev–Trinajstić information content (AvgIpc) is 2.59. The summed E-state index contributed by atoms with van der Waals surface area (Å²) in [6, 6.07) is 15.3. The van der Waals surface area contributed by atoms with Crippen LogP contribution in [0.25, 0.3) is 0 Å². The van der Waals surface area contributed by atoms with Crippen molar-refractivity contribution in [3.63, 3.8) is 0 Å². The van der Waals surface area contributed by atoms with Gasteiger partial charge in [0.2, 0.25) is 5.91 Å². The fourth-order valence-corrected chi connectivity index (χ4v) is 2.06. The van der Waals surface area contributed by atoms with Crippen LogP contribution in [0.3, 0.4) is 0 Å². The Hall–Kier alpha value is -3.53. The van der Waals surface area contributed by atoms with Crippen molar-refractivity contribution in [1.82, 2.24) is 5.32 Å². The summed E-state index contributed by atoms with van der Waals surface area (Å²) < 4.78 is 5.53. The molecule has 25 heavy (non-hydrogen) atoms. The van der Waals surface area contributed by atoms with Gasteiger partial charge in [-0.15, -0.1) is 0 Å². The molecule has 0 unspecified atom stereocenters. The van der Waals surface area contributed by atoms with Gasteiger partial charge in [0.05, 0.1) is 17.8 Å². The highest BCUT2D eigenvalue weighted by molar-refractivity contribution is 5.90. The summed E-state index contributed by atoms with van der Waals surface area (Å²) in [5.74, 6) is 0.427. The van der Waals surface area contributed by atoms with Crippen molar-refractivity contribution in [2.24, 2.45) is 0 Å². The SMILES string of the molecule is CC(=O)Nc1cccc(OCCNC(=O)Nc2ccccc2C#N)c1. The van der Waals surface area contributed by atoms with Crippen molar-refractivity contribution in [1.29, 1.82) is 5.26 Å². The summed E-state index contributed by atoms with van der Waals surface area (Å²) in [6.45, 7) is 1.97. The van der Waals surface area contributed by atoms with Crippen molar-refractivity contribution < 1.29 is 14.3 Å². The first-order chi connectivity index (χ1) is 12.1. The zero-order chi connectivity index (χ0) is 18.1. The second kappa shape index (κ2) is 8.93. The Kier molecular flexibility index (Phi) is 6.37. The topological polar surface area (TPSA) is 103 Å². The Morgan fingerprint density at radius 2 is 1.92 bits per heavy atom. The van der Waals surface area contributed by atoms with E-state index in [0.717, 1.165) is 0 Å². The Morgan fingerprint density at radius 3 is 2.68 bits per heavy atom. The lowest BCUT2D eigenvalue weighted by Crippen LogP contribution is -2.32. The number of anilines is 2. The van der Waals surface area contributed by atoms with E-state index in [0.29, 0.717) is 22.7 Å². The fraction of sp³-hybridized carbons (Fsp3) is 0.167. The number of hydrogen-bond acceptors (Lipinski definition) is 4. The minimum Gasteiger partial charge on any atom is -0.492 e. The maximum Gasteiger partial charge on any atom is 0.319 e. The predicted octanol–water partition coefficient (Wildman–Crippen LogP) is 2.72. The molecule has 128 valence electrons. The van der Waals surface area contributed by atoms with Gasteiger partial charge in [-0.05, 0) is 24.3 Å². The number of urea groups is 1. The number of rotatable bonds is 6. The van der Waals surface area contributed by atoms with Crippen LogP contribution in [0.5, 0.6) is 5.75 Å². The second-order valence-corrected chi connectivity index (χ2v) is 5.10. The molecule has 7 nitrogen and oxygen atoms in total. The summed E-state index contributed by atoms with van der Waals surface area (Å²) >= 11 is 0. The molecule has 0 aliphatic carbocycles. The minimum absolute atomic E-state index is 0.159. The average molecular weight is 338 g/mol. The fourth-order valence-electron chi connectivity index (χ4n) is 2.06. The normalized spacial score (nSPS) is 9.60. The highest BCUT2D eigenvalue weighted by Crippen LogP contribution is 2.17. The zero-order valence-corrected chi connectivity index (χ0v) is 13.7. The molecule has 7 heteroatoms. The summed E-state index contributed by atoms with van der Waals surface area (Å²) in [5, 5.41) is 16.9. The van der Waals surface area contributed by atoms with E-state index < -0.39 is 6.03 Å². The molecule has 0 heterocycles. The smallest absolute Gasteiger partial charge is 0.319 e. The molecule has 0 saturated carbocycles. The minimum atomic E-state index is -0.418. The van der Waals surface area contributed by atoms with Gasteiger partial charge in [0.25, 0.3) is 0 Å². The number of para-hydroxylation sites is 1. The molecule has 0 aliphatic heterocycles. The van der Waals surface area contributed by atoms with E-state index in [2.05, 4.69) is 16.0 Å². The van der Waals surface area contributed by atoms with Crippen molar-refractivity contribution >= 4 is 23.3 Å². The van der Waals surface area contributed by atoms with Crippen LogP contribution in [0.1, 0.15) is 12.5 Å². The van der Waals surface area contributed by atoms with Crippen LogP contribution in [0.15, 0.2) is 48.5 Å². The maximum absolute atomic E-state index is 11.8. The lowest BCUT2D eigenvalue weighted by molar-refractivity contribution is -0.114. The third kappa shape index (κ3) is 5.88. The van der Waals surface area contributed by atoms with Crippen LogP contribution in [0, 0.1) is 11.3 Å². The molecule has 2 rings (SSSR count). The summed E-state index contributed by atoms with van der Waals surface area (Å²) in [5.41, 5.74) is 1.49. The molecule has 2 aromatic rings. The number of benzene rings is 2. The molecule has 0 atom stereocenters. The lowest BCUT2D eigenvalue weighted by Gasteiger charge is -2.10. The third-order valence-corrected chi connectivity index (χ3v) is 3.11. The summed E-state index contributed by atoms with van der Waals surface area (Å²) in [7, 11) is 0. The molecule has 3 amide bonds. The standard InChI is InChI=1S/C18H18N4O3/c1-13(23)21-15-6-4-7-16(11-15)25-10-9-20-18(24)22-17-8-3-2-5-14(17)12-19/h2-8,11H,9-10H2,1H3,(H,21,23)(H2,20,22,24). The van der Waals surface area contributed by atoms with Crippen LogP contribution in [-0.4, -0.2) is 25.1 Å². The van der Waals surface area contributed by atoms with E-state index in [1.807, 2.05) is 6.07 Å². The van der Waals surface area contributed by atoms with Gasteiger partial charge in [-0.1, -0.05) is 18.2 Å². The number of amides is 3. The molecule has 2 aromatic carbocycles. The molecule has 0 saturated heterocycles. The van der Waals surface area contributed by atoms with Crippen LogP contribution < -0.4 is 20.7 Å². The lowest BCUT2D eigenvalue weighted by atomic mass is 10.2. The molecule has 0 radical (unpaired) electrons. The third-order valence-electron chi connectivity index (χ3n) is 3.11. The monoisotopic (exact) mass is 338 g/mol. The van der Waals surface area contributed by atoms with E-state index in [1.165, 1.54) is 6.92 Å². The van der Waals surface area contributed by atoms with Gasteiger partial charge in [0.1, 0.15) is 18.4 Å². The molecule has 0 spiro atoms. The number of ether oxygens (including phenoxy) is 1. The van der Waals surface area contributed by atoms with Gasteiger partial charge in [0.15, 0.2) is 0 Å². The Labute approximate surface area is 145 Å². The first-order valence-electron chi connectivity index (χ1n) is 7.63. The first-order valence-corrected chi connectivity index (χ1v) is 7.63. The first kappa shape index (κ1) is 17.8. The van der Waals surface area contributed by atoms with Crippen LogP contribution in [0.2, 0.25) is 0 Å². The van der Waals surface area contributed by atoms with E-state index in [1.54, 1.807) is 48.5 Å². The summed E-state index contributed by atoms with van der Waals surface area (Å²) in [6.07, 6.45) is 0. The van der Waals surface area contributed by atoms with E-state index in [4.69, 9.17) is 10.00 Å². The number of hydrogen-bond donors (Lipinski definition) is 3. The van der Waals surface area contributed by atoms with Crippen LogP contribution in [-0.2, 0) is 4.79 Å². The van der Waals surface area contributed by atoms with Crippen LogP contribution in [0.4, 0.5) is 16.2 Å². The quantitative estimate of drug-likeness (QED) is 0.705. The van der Waals surface area contributed by atoms with Crippen molar-refractivity contribution in [2.75, 3.05) is 23.8 Å². The molecule has 3 N–H and O–H groups in total. The van der Waals surface area contributed by atoms with Gasteiger partial charge in [0, 0.05) is 18.7 Å². The van der Waals surface area contributed by atoms with Crippen molar-refractivity contribution in [3.05, 3.63) is 54.1 Å². The van der Waals surface area contributed by atoms with Crippen LogP contribution >= 0.6 is 0 Å².